The predicted molar refractivity (Wildman–Crippen MR) is 144 cm³/mol. The van der Waals surface area contributed by atoms with Gasteiger partial charge in [0.05, 0.1) is 23.7 Å². The minimum atomic E-state index is -4.83. The van der Waals surface area contributed by atoms with E-state index in [-0.39, 0.29) is 38.8 Å². The largest absolute Gasteiger partial charge is 0.481 e. The van der Waals surface area contributed by atoms with E-state index in [0.717, 1.165) is 32.9 Å². The second kappa shape index (κ2) is 11.4. The molecule has 1 aliphatic rings. The lowest BCUT2D eigenvalue weighted by Gasteiger charge is -2.28. The number of aliphatic carboxylic acids is 1. The number of alkyl halides is 3. The van der Waals surface area contributed by atoms with Crippen LogP contribution in [0.5, 0.6) is 0 Å². The molecular formula is C29H28ClF3N4O3. The van der Waals surface area contributed by atoms with Crippen molar-refractivity contribution in [3.8, 4) is 0 Å². The molecule has 1 fully saturated rings. The van der Waals surface area contributed by atoms with Crippen LogP contribution in [-0.4, -0.2) is 43.2 Å². The summed E-state index contributed by atoms with van der Waals surface area (Å²) in [5.74, 6) is -2.30. The first-order valence-corrected chi connectivity index (χ1v) is 13.5. The Balaban J connectivity index is 1.45. The van der Waals surface area contributed by atoms with Crippen molar-refractivity contribution in [2.45, 2.75) is 50.9 Å². The van der Waals surface area contributed by atoms with E-state index in [1.54, 1.807) is 24.3 Å². The van der Waals surface area contributed by atoms with Crippen LogP contribution in [-0.2, 0) is 23.9 Å². The van der Waals surface area contributed by atoms with Gasteiger partial charge in [0.15, 0.2) is 5.69 Å². The van der Waals surface area contributed by atoms with E-state index in [1.165, 1.54) is 4.90 Å². The summed E-state index contributed by atoms with van der Waals surface area (Å²) >= 11 is 6.01. The molecule has 5 rings (SSSR count). The first-order valence-electron chi connectivity index (χ1n) is 13.1. The number of para-hydroxylation sites is 1. The highest BCUT2D eigenvalue weighted by Crippen LogP contribution is 2.39. The fraction of sp³-hybridized carbons (Fsp3) is 0.345. The summed E-state index contributed by atoms with van der Waals surface area (Å²) in [7, 11) is 0. The molecule has 4 aromatic rings. The number of rotatable bonds is 8. The lowest BCUT2D eigenvalue weighted by Crippen LogP contribution is -2.34. The van der Waals surface area contributed by atoms with Crippen LogP contribution in [0.1, 0.15) is 58.9 Å². The van der Waals surface area contributed by atoms with Gasteiger partial charge in [0.2, 0.25) is 0 Å². The van der Waals surface area contributed by atoms with Gasteiger partial charge in [-0.3, -0.25) is 14.3 Å². The lowest BCUT2D eigenvalue weighted by molar-refractivity contribution is -0.147. The smallest absolute Gasteiger partial charge is 0.433 e. The van der Waals surface area contributed by atoms with Gasteiger partial charge < -0.3 is 15.0 Å². The first-order chi connectivity index (χ1) is 19.1. The SMILES string of the molecule is O=C(O)C1CCC(n2ncc(C(=O)N(CCc3cccc4cc[nH]c34)Cc3ccc(Cl)cc3)c2C(F)(F)F)CC1. The molecule has 11 heteroatoms. The number of hydrogen-bond donors (Lipinski definition) is 2. The summed E-state index contributed by atoms with van der Waals surface area (Å²) in [6, 6.07) is 13.9. The number of carbonyl (C=O) groups excluding carboxylic acids is 1. The Hall–Kier alpha value is -3.79. The maximum Gasteiger partial charge on any atom is 0.433 e. The number of H-pyrrole nitrogens is 1. The van der Waals surface area contributed by atoms with Crippen LogP contribution >= 0.6 is 11.6 Å². The molecule has 2 aromatic heterocycles. The monoisotopic (exact) mass is 572 g/mol. The van der Waals surface area contributed by atoms with Crippen molar-refractivity contribution in [2.75, 3.05) is 6.54 Å². The number of aromatic nitrogens is 3. The normalized spacial score (nSPS) is 17.7. The van der Waals surface area contributed by atoms with Crippen molar-refractivity contribution in [2.24, 2.45) is 5.92 Å². The highest BCUT2D eigenvalue weighted by Gasteiger charge is 2.43. The van der Waals surface area contributed by atoms with Crippen molar-refractivity contribution in [3.05, 3.63) is 88.3 Å². The Morgan fingerprint density at radius 2 is 1.80 bits per heavy atom. The standard InChI is InChI=1S/C29H28ClF3N4O3/c30-22-8-4-18(5-9-22)17-36(15-13-20-3-1-2-19-12-14-34-25(19)20)27(38)24-16-35-37(26(24)29(31,32)33)23-10-6-21(7-11-23)28(39)40/h1-5,8-9,12,14,16,21,23,34H,6-7,10-11,13,15,17H2,(H,39,40). The summed E-state index contributed by atoms with van der Waals surface area (Å²) in [6.07, 6.45) is -0.596. The number of halogens is 4. The minimum Gasteiger partial charge on any atom is -0.481 e. The number of aromatic amines is 1. The highest BCUT2D eigenvalue weighted by molar-refractivity contribution is 6.30. The molecule has 7 nitrogen and oxygen atoms in total. The number of fused-ring (bicyclic) bond motifs is 1. The molecular weight excluding hydrogens is 545 g/mol. The van der Waals surface area contributed by atoms with E-state index in [0.29, 0.717) is 11.4 Å². The zero-order chi connectivity index (χ0) is 28.4. The Labute approximate surface area is 233 Å². The van der Waals surface area contributed by atoms with Crippen LogP contribution in [0.4, 0.5) is 13.2 Å². The van der Waals surface area contributed by atoms with Crippen LogP contribution < -0.4 is 0 Å². The Bertz CT molecular complexity index is 1500. The third kappa shape index (κ3) is 5.86. The summed E-state index contributed by atoms with van der Waals surface area (Å²) in [6.45, 7) is 0.259. The number of hydrogen-bond acceptors (Lipinski definition) is 3. The average molecular weight is 573 g/mol. The molecule has 0 bridgehead atoms. The van der Waals surface area contributed by atoms with Crippen molar-refractivity contribution < 1.29 is 27.9 Å². The van der Waals surface area contributed by atoms with Gasteiger partial charge in [0.25, 0.3) is 5.91 Å². The molecule has 1 amide bonds. The molecule has 0 atom stereocenters. The summed E-state index contributed by atoms with van der Waals surface area (Å²) in [4.78, 5) is 29.7. The second-order valence-corrected chi connectivity index (χ2v) is 10.6. The Morgan fingerprint density at radius 3 is 2.48 bits per heavy atom. The van der Waals surface area contributed by atoms with Gasteiger partial charge in [-0.15, -0.1) is 0 Å². The fourth-order valence-corrected chi connectivity index (χ4v) is 5.62. The molecule has 0 spiro atoms. The van der Waals surface area contributed by atoms with Gasteiger partial charge in [0, 0.05) is 29.8 Å². The molecule has 0 unspecified atom stereocenters. The third-order valence-electron chi connectivity index (χ3n) is 7.58. The summed E-state index contributed by atoms with van der Waals surface area (Å²) in [5.41, 5.74) is 0.980. The van der Waals surface area contributed by atoms with E-state index < -0.39 is 41.3 Å². The summed E-state index contributed by atoms with van der Waals surface area (Å²) in [5, 5.41) is 14.8. The van der Waals surface area contributed by atoms with E-state index >= 15 is 0 Å². The average Bonchev–Trinajstić information content (AvgIpc) is 3.60. The van der Waals surface area contributed by atoms with Crippen molar-refractivity contribution >= 4 is 34.4 Å². The van der Waals surface area contributed by atoms with Crippen molar-refractivity contribution in [3.63, 3.8) is 0 Å². The molecule has 1 aliphatic carbocycles. The Kier molecular flexibility index (Phi) is 7.89. The highest BCUT2D eigenvalue weighted by atomic mass is 35.5. The number of carbonyl (C=O) groups is 2. The van der Waals surface area contributed by atoms with Gasteiger partial charge in [-0.2, -0.15) is 18.3 Å². The van der Waals surface area contributed by atoms with Crippen LogP contribution in [0.3, 0.4) is 0 Å². The zero-order valence-electron chi connectivity index (χ0n) is 21.5. The molecule has 0 aliphatic heterocycles. The van der Waals surface area contributed by atoms with Crippen LogP contribution in [0.2, 0.25) is 5.02 Å². The zero-order valence-corrected chi connectivity index (χ0v) is 22.3. The first kappa shape index (κ1) is 27.8. The van der Waals surface area contributed by atoms with E-state index in [4.69, 9.17) is 11.6 Å². The predicted octanol–water partition coefficient (Wildman–Crippen LogP) is 6.74. The number of amides is 1. The third-order valence-corrected chi connectivity index (χ3v) is 7.84. The molecule has 2 aromatic carbocycles. The van der Waals surface area contributed by atoms with Crippen LogP contribution in [0.25, 0.3) is 10.9 Å². The maximum atomic E-state index is 14.4. The fourth-order valence-electron chi connectivity index (χ4n) is 5.49. The summed E-state index contributed by atoms with van der Waals surface area (Å²) < 4.78 is 44.2. The quantitative estimate of drug-likeness (QED) is 0.245. The van der Waals surface area contributed by atoms with Gasteiger partial charge >= 0.3 is 12.1 Å². The molecule has 1 saturated carbocycles. The van der Waals surface area contributed by atoms with Crippen LogP contribution in [0, 0.1) is 5.92 Å². The van der Waals surface area contributed by atoms with Crippen molar-refractivity contribution in [1.29, 1.82) is 0 Å². The van der Waals surface area contributed by atoms with E-state index in [2.05, 4.69) is 10.1 Å². The number of carboxylic acids is 1. The topological polar surface area (TPSA) is 91.2 Å². The number of nitrogens with zero attached hydrogens (tertiary/aromatic N) is 3. The molecule has 2 N–H and O–H groups in total. The minimum absolute atomic E-state index is 0.0862. The van der Waals surface area contributed by atoms with E-state index in [9.17, 15) is 27.9 Å². The van der Waals surface area contributed by atoms with Crippen LogP contribution in [0.15, 0.2) is 60.9 Å². The number of benzene rings is 2. The number of carboxylic acid groups (broad SMARTS) is 1. The molecule has 0 saturated heterocycles. The number of nitrogens with one attached hydrogen (secondary N) is 1. The van der Waals surface area contributed by atoms with E-state index in [1.807, 2.05) is 30.5 Å². The van der Waals surface area contributed by atoms with Gasteiger partial charge in [-0.25, -0.2) is 0 Å². The molecule has 2 heterocycles. The van der Waals surface area contributed by atoms with Gasteiger partial charge in [-0.05, 0) is 66.8 Å². The molecule has 0 radical (unpaired) electrons. The van der Waals surface area contributed by atoms with Gasteiger partial charge in [0.1, 0.15) is 0 Å². The molecule has 40 heavy (non-hydrogen) atoms. The Morgan fingerprint density at radius 1 is 1.07 bits per heavy atom. The molecule has 210 valence electrons. The lowest BCUT2D eigenvalue weighted by atomic mass is 9.86. The second-order valence-electron chi connectivity index (χ2n) is 10.2. The van der Waals surface area contributed by atoms with Crippen molar-refractivity contribution in [1.82, 2.24) is 19.7 Å². The van der Waals surface area contributed by atoms with Gasteiger partial charge in [-0.1, -0.05) is 41.9 Å². The maximum absolute atomic E-state index is 14.4.